The lowest BCUT2D eigenvalue weighted by atomic mass is 10.1. The van der Waals surface area contributed by atoms with E-state index in [2.05, 4.69) is 27.9 Å². The van der Waals surface area contributed by atoms with Crippen LogP contribution in [-0.4, -0.2) is 10.8 Å². The third kappa shape index (κ3) is 4.40. The van der Waals surface area contributed by atoms with Gasteiger partial charge in [-0.05, 0) is 46.4 Å². The number of nitrogens with zero attached hydrogens (tertiary/aromatic N) is 1. The molecule has 0 aromatic heterocycles. The van der Waals surface area contributed by atoms with Crippen LogP contribution < -0.4 is 5.32 Å². The molecular weight excluding hydrogens is 407 g/mol. The predicted octanol–water partition coefficient (Wildman–Crippen LogP) is 4.03. The predicted molar refractivity (Wildman–Crippen MR) is 89.6 cm³/mol. The van der Waals surface area contributed by atoms with Gasteiger partial charge in [0.2, 0.25) is 5.91 Å². The maximum Gasteiger partial charge on any atom is 0.269 e. The van der Waals surface area contributed by atoms with E-state index >= 15 is 0 Å². The number of carbonyl (C=O) groups excluding carboxylic acids is 1. The molecule has 0 bridgehead atoms. The Hall–Kier alpha value is -1.67. The first-order chi connectivity index (χ1) is 9.95. The van der Waals surface area contributed by atoms with Crippen molar-refractivity contribution in [1.29, 1.82) is 0 Å². The quantitative estimate of drug-likeness (QED) is 0.465. The molecule has 108 valence electrons. The second-order valence-electron chi connectivity index (χ2n) is 4.28. The molecule has 0 spiro atoms. The Labute approximate surface area is 139 Å². The minimum Gasteiger partial charge on any atom is -0.325 e. The molecule has 0 aliphatic carbocycles. The summed E-state index contributed by atoms with van der Waals surface area (Å²) in [4.78, 5) is 22.2. The smallest absolute Gasteiger partial charge is 0.269 e. The van der Waals surface area contributed by atoms with Crippen LogP contribution in [0.1, 0.15) is 5.56 Å². The molecule has 2 rings (SSSR count). The fraction of sp³-hybridized carbons (Fsp3) is 0.0714. The van der Waals surface area contributed by atoms with Crippen molar-refractivity contribution in [1.82, 2.24) is 0 Å². The number of benzene rings is 2. The normalized spacial score (nSPS) is 10.2. The highest BCUT2D eigenvalue weighted by Gasteiger charge is 2.10. The summed E-state index contributed by atoms with van der Waals surface area (Å²) in [5.74, 6) is -0.240. The molecule has 5 nitrogen and oxygen atoms in total. The van der Waals surface area contributed by atoms with E-state index in [1.165, 1.54) is 12.1 Å². The molecule has 0 aliphatic rings. The van der Waals surface area contributed by atoms with Gasteiger partial charge in [0.1, 0.15) is 0 Å². The number of amides is 1. The summed E-state index contributed by atoms with van der Waals surface area (Å²) in [6.45, 7) is 0. The number of anilines is 1. The summed E-state index contributed by atoms with van der Waals surface area (Å²) < 4.78 is 0.826. The van der Waals surface area contributed by atoms with E-state index in [4.69, 9.17) is 11.6 Å². The van der Waals surface area contributed by atoms with Crippen molar-refractivity contribution in [3.63, 3.8) is 0 Å². The van der Waals surface area contributed by atoms with Crippen molar-refractivity contribution in [2.45, 2.75) is 6.42 Å². The van der Waals surface area contributed by atoms with Gasteiger partial charge in [0, 0.05) is 20.7 Å². The summed E-state index contributed by atoms with van der Waals surface area (Å²) in [5.41, 5.74) is 1.22. The summed E-state index contributed by atoms with van der Waals surface area (Å²) in [7, 11) is 0. The molecule has 0 saturated carbocycles. The molecule has 7 heteroatoms. The molecule has 0 radical (unpaired) electrons. The van der Waals surface area contributed by atoms with Crippen LogP contribution in [0.2, 0.25) is 5.02 Å². The Bertz CT molecular complexity index is 706. The Morgan fingerprint density at radius 1 is 1.29 bits per heavy atom. The monoisotopic (exact) mass is 416 g/mol. The zero-order valence-corrected chi connectivity index (χ0v) is 13.6. The van der Waals surface area contributed by atoms with Gasteiger partial charge in [0.15, 0.2) is 0 Å². The maximum absolute atomic E-state index is 12.0. The highest BCUT2D eigenvalue weighted by atomic mass is 127. The average molecular weight is 417 g/mol. The molecule has 0 atom stereocenters. The molecule has 0 heterocycles. The summed E-state index contributed by atoms with van der Waals surface area (Å²) in [6.07, 6.45) is 0.0698. The zero-order valence-electron chi connectivity index (χ0n) is 10.7. The number of nitro groups is 1. The van der Waals surface area contributed by atoms with Gasteiger partial charge in [-0.2, -0.15) is 0 Å². The van der Waals surface area contributed by atoms with E-state index in [1.807, 2.05) is 0 Å². The molecule has 0 unspecified atom stereocenters. The fourth-order valence-electron chi connectivity index (χ4n) is 1.75. The molecule has 0 saturated heterocycles. The highest BCUT2D eigenvalue weighted by Crippen LogP contribution is 2.22. The lowest BCUT2D eigenvalue weighted by Crippen LogP contribution is -2.15. The Kier molecular flexibility index (Phi) is 5.13. The molecule has 1 amide bonds. The third-order valence-corrected chi connectivity index (χ3v) is 3.82. The van der Waals surface area contributed by atoms with Crippen LogP contribution in [0.3, 0.4) is 0 Å². The Morgan fingerprint density at radius 3 is 2.71 bits per heavy atom. The van der Waals surface area contributed by atoms with Crippen molar-refractivity contribution in [3.05, 3.63) is 66.7 Å². The second-order valence-corrected chi connectivity index (χ2v) is 5.87. The first-order valence-electron chi connectivity index (χ1n) is 5.94. The minimum atomic E-state index is -0.483. The lowest BCUT2D eigenvalue weighted by molar-refractivity contribution is -0.384. The van der Waals surface area contributed by atoms with E-state index in [0.717, 1.165) is 3.57 Å². The maximum atomic E-state index is 12.0. The molecule has 0 aliphatic heterocycles. The largest absolute Gasteiger partial charge is 0.325 e. The fourth-order valence-corrected chi connectivity index (χ4v) is 2.76. The van der Waals surface area contributed by atoms with Gasteiger partial charge in [-0.3, -0.25) is 14.9 Å². The zero-order chi connectivity index (χ0) is 15.4. The van der Waals surface area contributed by atoms with Crippen LogP contribution in [0.25, 0.3) is 0 Å². The van der Waals surface area contributed by atoms with Gasteiger partial charge in [-0.25, -0.2) is 0 Å². The number of nitrogens with one attached hydrogen (secondary N) is 1. The first kappa shape index (κ1) is 15.7. The summed E-state index contributed by atoms with van der Waals surface area (Å²) in [6, 6.07) is 11.2. The van der Waals surface area contributed by atoms with Gasteiger partial charge >= 0.3 is 0 Å². The van der Waals surface area contributed by atoms with Crippen LogP contribution >= 0.6 is 34.2 Å². The number of non-ortho nitro benzene ring substituents is 1. The van der Waals surface area contributed by atoms with Gasteiger partial charge in [-0.15, -0.1) is 0 Å². The standard InChI is InChI=1S/C14H10ClIN2O3/c15-10-4-5-13(12(16)8-10)17-14(19)7-9-2-1-3-11(6-9)18(20)21/h1-6,8H,7H2,(H,17,19). The van der Waals surface area contributed by atoms with Crippen LogP contribution in [0, 0.1) is 13.7 Å². The number of hydrogen-bond acceptors (Lipinski definition) is 3. The number of halogens is 2. The van der Waals surface area contributed by atoms with E-state index in [0.29, 0.717) is 16.3 Å². The number of nitro benzene ring substituents is 1. The molecule has 21 heavy (non-hydrogen) atoms. The van der Waals surface area contributed by atoms with Crippen molar-refractivity contribution in [2.75, 3.05) is 5.32 Å². The third-order valence-electron chi connectivity index (χ3n) is 2.69. The second kappa shape index (κ2) is 6.86. The Balaban J connectivity index is 2.08. The van der Waals surface area contributed by atoms with E-state index < -0.39 is 4.92 Å². The van der Waals surface area contributed by atoms with Gasteiger partial charge in [0.25, 0.3) is 5.69 Å². The lowest BCUT2D eigenvalue weighted by Gasteiger charge is -2.07. The first-order valence-corrected chi connectivity index (χ1v) is 7.39. The van der Waals surface area contributed by atoms with Crippen LogP contribution in [0.4, 0.5) is 11.4 Å². The van der Waals surface area contributed by atoms with Crippen molar-refractivity contribution < 1.29 is 9.72 Å². The molecule has 0 fully saturated rings. The van der Waals surface area contributed by atoms with Gasteiger partial charge < -0.3 is 5.32 Å². The van der Waals surface area contributed by atoms with Crippen molar-refractivity contribution in [2.24, 2.45) is 0 Å². The van der Waals surface area contributed by atoms with Gasteiger partial charge in [-0.1, -0.05) is 23.7 Å². The summed E-state index contributed by atoms with van der Waals surface area (Å²) >= 11 is 7.92. The topological polar surface area (TPSA) is 72.2 Å². The number of hydrogen-bond donors (Lipinski definition) is 1. The van der Waals surface area contributed by atoms with E-state index in [9.17, 15) is 14.9 Å². The molecular formula is C14H10ClIN2O3. The van der Waals surface area contributed by atoms with Crippen LogP contribution in [0.15, 0.2) is 42.5 Å². The Morgan fingerprint density at radius 2 is 2.05 bits per heavy atom. The van der Waals surface area contributed by atoms with Gasteiger partial charge in [0.05, 0.1) is 17.0 Å². The minimum absolute atomic E-state index is 0.0265. The number of carbonyl (C=O) groups is 1. The highest BCUT2D eigenvalue weighted by molar-refractivity contribution is 14.1. The average Bonchev–Trinajstić information content (AvgIpc) is 2.42. The SMILES string of the molecule is O=C(Cc1cccc([N+](=O)[O-])c1)Nc1ccc(Cl)cc1I. The van der Waals surface area contributed by atoms with E-state index in [1.54, 1.807) is 30.3 Å². The van der Waals surface area contributed by atoms with Crippen molar-refractivity contribution >= 4 is 51.5 Å². The summed E-state index contributed by atoms with van der Waals surface area (Å²) in [5, 5.41) is 14.1. The molecule has 2 aromatic carbocycles. The molecule has 1 N–H and O–H groups in total. The number of rotatable bonds is 4. The van der Waals surface area contributed by atoms with E-state index in [-0.39, 0.29) is 18.0 Å². The van der Waals surface area contributed by atoms with Crippen molar-refractivity contribution in [3.8, 4) is 0 Å². The molecule has 2 aromatic rings. The van der Waals surface area contributed by atoms with Crippen LogP contribution in [-0.2, 0) is 11.2 Å². The van der Waals surface area contributed by atoms with Crippen LogP contribution in [0.5, 0.6) is 0 Å².